The van der Waals surface area contributed by atoms with Gasteiger partial charge in [-0.05, 0) is 48.4 Å². The summed E-state index contributed by atoms with van der Waals surface area (Å²) < 4.78 is 13.9. The summed E-state index contributed by atoms with van der Waals surface area (Å²) in [7, 11) is 0. The van der Waals surface area contributed by atoms with Crippen LogP contribution in [0, 0.1) is 11.2 Å². The summed E-state index contributed by atoms with van der Waals surface area (Å²) in [6.07, 6.45) is 3.69. The van der Waals surface area contributed by atoms with Gasteiger partial charge in [0.25, 0.3) is 0 Å². The second-order valence-electron chi connectivity index (χ2n) is 9.07. The molecule has 34 heavy (non-hydrogen) atoms. The maximum atomic E-state index is 14.2. The van der Waals surface area contributed by atoms with Crippen molar-refractivity contribution in [2.45, 2.75) is 24.9 Å². The highest BCUT2D eigenvalue weighted by Crippen LogP contribution is 2.60. The van der Waals surface area contributed by atoms with Crippen molar-refractivity contribution in [3.8, 4) is 0 Å². The van der Waals surface area contributed by atoms with E-state index >= 15 is 0 Å². The van der Waals surface area contributed by atoms with Crippen LogP contribution in [0.4, 0.5) is 10.1 Å². The van der Waals surface area contributed by atoms with E-state index in [-0.39, 0.29) is 17.3 Å². The molecule has 0 unspecified atom stereocenters. The number of hydrogen-bond donors (Lipinski definition) is 0. The minimum absolute atomic E-state index is 0.177. The zero-order chi connectivity index (χ0) is 23.8. The lowest BCUT2D eigenvalue weighted by molar-refractivity contribution is -0.118. The molecule has 1 aliphatic carbocycles. The van der Waals surface area contributed by atoms with E-state index in [4.69, 9.17) is 11.6 Å². The third kappa shape index (κ3) is 2.56. The van der Waals surface area contributed by atoms with Gasteiger partial charge in [-0.3, -0.25) is 14.4 Å². The van der Waals surface area contributed by atoms with Crippen molar-refractivity contribution in [2.75, 3.05) is 4.90 Å². The number of halogens is 2. The SMILES string of the molecule is CC(=O)[C@H]1[C@H](c2ccc(F)cc2)C2(C(=O)c3ccccc3C2=O)[C@H]2C=Cc3cc(Cl)ccc3N12. The lowest BCUT2D eigenvalue weighted by Crippen LogP contribution is -2.48. The highest BCUT2D eigenvalue weighted by molar-refractivity contribution is 6.32. The number of hydrogen-bond acceptors (Lipinski definition) is 4. The lowest BCUT2D eigenvalue weighted by atomic mass is 9.64. The number of carbonyl (C=O) groups is 3. The average molecular weight is 472 g/mol. The van der Waals surface area contributed by atoms with Gasteiger partial charge in [0.15, 0.2) is 17.3 Å². The number of Topliss-reactive ketones (excluding diaryl/α,β-unsaturated/α-hetero) is 3. The van der Waals surface area contributed by atoms with Crippen LogP contribution in [0.25, 0.3) is 6.08 Å². The van der Waals surface area contributed by atoms with Crippen LogP contribution in [0.3, 0.4) is 0 Å². The Bertz CT molecular complexity index is 1390. The molecular weight excluding hydrogens is 453 g/mol. The highest BCUT2D eigenvalue weighted by atomic mass is 35.5. The number of fused-ring (bicyclic) bond motifs is 5. The highest BCUT2D eigenvalue weighted by Gasteiger charge is 2.71. The Morgan fingerprint density at radius 2 is 1.62 bits per heavy atom. The second-order valence-corrected chi connectivity index (χ2v) is 9.51. The number of carbonyl (C=O) groups excluding carboxylic acids is 3. The van der Waals surface area contributed by atoms with Gasteiger partial charge in [-0.2, -0.15) is 0 Å². The Labute approximate surface area is 200 Å². The van der Waals surface area contributed by atoms with Gasteiger partial charge in [0.05, 0.1) is 12.1 Å². The number of ketones is 3. The van der Waals surface area contributed by atoms with Crippen LogP contribution < -0.4 is 4.90 Å². The lowest BCUT2D eigenvalue weighted by Gasteiger charge is -2.37. The molecule has 4 nitrogen and oxygen atoms in total. The monoisotopic (exact) mass is 471 g/mol. The van der Waals surface area contributed by atoms with E-state index in [1.165, 1.54) is 19.1 Å². The van der Waals surface area contributed by atoms with Crippen molar-refractivity contribution in [2.24, 2.45) is 5.41 Å². The fraction of sp³-hybridized carbons (Fsp3) is 0.179. The standard InChI is InChI=1S/C28H19ClFNO3/c1-15(32)25-24(16-6-10-19(30)11-7-16)28(26(33)20-4-2-3-5-21(20)27(28)34)23-13-8-17-14-18(29)9-12-22(17)31(23)25/h2-14,23-25H,1H3/t23-,24+,25+/m1/s1. The van der Waals surface area contributed by atoms with E-state index in [1.54, 1.807) is 48.5 Å². The van der Waals surface area contributed by atoms with Crippen LogP contribution in [0.5, 0.6) is 0 Å². The van der Waals surface area contributed by atoms with Gasteiger partial charge < -0.3 is 4.90 Å². The van der Waals surface area contributed by atoms with Crippen LogP contribution in [0.1, 0.15) is 44.7 Å². The Morgan fingerprint density at radius 1 is 0.971 bits per heavy atom. The number of anilines is 1. The molecule has 0 radical (unpaired) electrons. The summed E-state index contributed by atoms with van der Waals surface area (Å²) in [5.41, 5.74) is 1.29. The molecular formula is C28H19ClFNO3. The number of rotatable bonds is 2. The van der Waals surface area contributed by atoms with Gasteiger partial charge in [0, 0.05) is 27.8 Å². The van der Waals surface area contributed by atoms with Gasteiger partial charge in [-0.1, -0.05) is 60.2 Å². The van der Waals surface area contributed by atoms with Crippen molar-refractivity contribution in [1.82, 2.24) is 0 Å². The molecule has 6 rings (SSSR count). The largest absolute Gasteiger partial charge is 0.352 e. The maximum absolute atomic E-state index is 14.2. The van der Waals surface area contributed by atoms with E-state index in [0.29, 0.717) is 21.7 Å². The molecule has 2 aliphatic heterocycles. The fourth-order valence-electron chi connectivity index (χ4n) is 6.14. The molecule has 1 fully saturated rings. The normalized spacial score (nSPS) is 23.7. The topological polar surface area (TPSA) is 54.5 Å². The number of nitrogens with zero attached hydrogens (tertiary/aromatic N) is 1. The Kier molecular flexibility index (Phi) is 4.45. The molecule has 0 N–H and O–H groups in total. The van der Waals surface area contributed by atoms with Crippen LogP contribution >= 0.6 is 11.6 Å². The summed E-state index contributed by atoms with van der Waals surface area (Å²) in [5, 5.41) is 0.547. The Morgan fingerprint density at radius 3 is 2.24 bits per heavy atom. The first-order valence-corrected chi connectivity index (χ1v) is 11.4. The molecule has 3 aromatic rings. The second kappa shape index (κ2) is 7.21. The molecule has 168 valence electrons. The van der Waals surface area contributed by atoms with E-state index in [2.05, 4.69) is 0 Å². The maximum Gasteiger partial charge on any atom is 0.180 e. The zero-order valence-electron chi connectivity index (χ0n) is 18.2. The van der Waals surface area contributed by atoms with Crippen molar-refractivity contribution in [3.05, 3.63) is 106 Å². The Hall–Kier alpha value is -3.57. The van der Waals surface area contributed by atoms with Crippen molar-refractivity contribution in [3.63, 3.8) is 0 Å². The van der Waals surface area contributed by atoms with Crippen molar-refractivity contribution < 1.29 is 18.8 Å². The molecule has 0 aromatic heterocycles. The minimum atomic E-state index is -1.55. The zero-order valence-corrected chi connectivity index (χ0v) is 18.9. The van der Waals surface area contributed by atoms with Crippen LogP contribution in [0.15, 0.2) is 72.8 Å². The molecule has 1 saturated heterocycles. The molecule has 3 aliphatic rings. The van der Waals surface area contributed by atoms with Crippen molar-refractivity contribution in [1.29, 1.82) is 0 Å². The van der Waals surface area contributed by atoms with Crippen LogP contribution in [-0.2, 0) is 4.79 Å². The molecule has 1 spiro atoms. The smallest absolute Gasteiger partial charge is 0.180 e. The van der Waals surface area contributed by atoms with Crippen LogP contribution in [0.2, 0.25) is 5.02 Å². The first-order chi connectivity index (χ1) is 16.4. The molecule has 0 bridgehead atoms. The molecule has 0 saturated carbocycles. The van der Waals surface area contributed by atoms with E-state index in [9.17, 15) is 18.8 Å². The third-order valence-corrected chi connectivity index (χ3v) is 7.65. The van der Waals surface area contributed by atoms with Crippen molar-refractivity contribution >= 4 is 40.7 Å². The first kappa shape index (κ1) is 21.0. The van der Waals surface area contributed by atoms with Crippen LogP contribution in [-0.4, -0.2) is 29.4 Å². The predicted molar refractivity (Wildman–Crippen MR) is 128 cm³/mol. The van der Waals surface area contributed by atoms with Gasteiger partial charge >= 0.3 is 0 Å². The first-order valence-electron chi connectivity index (χ1n) is 11.1. The molecule has 3 aromatic carbocycles. The quantitative estimate of drug-likeness (QED) is 0.463. The minimum Gasteiger partial charge on any atom is -0.352 e. The molecule has 6 heteroatoms. The third-order valence-electron chi connectivity index (χ3n) is 7.41. The fourth-order valence-corrected chi connectivity index (χ4v) is 6.32. The summed E-state index contributed by atoms with van der Waals surface area (Å²) in [5.74, 6) is -2.01. The summed E-state index contributed by atoms with van der Waals surface area (Å²) in [6.45, 7) is 1.47. The summed E-state index contributed by atoms with van der Waals surface area (Å²) in [6, 6.07) is 16.4. The Balaban J connectivity index is 1.68. The van der Waals surface area contributed by atoms with E-state index < -0.39 is 29.2 Å². The average Bonchev–Trinajstić information content (AvgIpc) is 3.26. The molecule has 3 atom stereocenters. The van der Waals surface area contributed by atoms with E-state index in [0.717, 1.165) is 11.3 Å². The predicted octanol–water partition coefficient (Wildman–Crippen LogP) is 5.50. The summed E-state index contributed by atoms with van der Waals surface area (Å²) in [4.78, 5) is 43.5. The van der Waals surface area contributed by atoms with Gasteiger partial charge in [0.1, 0.15) is 11.2 Å². The molecule has 2 heterocycles. The summed E-state index contributed by atoms with van der Waals surface area (Å²) >= 11 is 6.22. The number of benzene rings is 3. The molecule has 0 amide bonds. The van der Waals surface area contributed by atoms with Gasteiger partial charge in [-0.15, -0.1) is 0 Å². The van der Waals surface area contributed by atoms with E-state index in [1.807, 2.05) is 23.1 Å². The van der Waals surface area contributed by atoms with Gasteiger partial charge in [-0.25, -0.2) is 4.39 Å². The van der Waals surface area contributed by atoms with Gasteiger partial charge in [0.2, 0.25) is 0 Å².